The molecule has 0 fully saturated rings. The van der Waals surface area contributed by atoms with Crippen molar-refractivity contribution in [3.05, 3.63) is 40.7 Å². The van der Waals surface area contributed by atoms with Crippen LogP contribution in [-0.2, 0) is 6.18 Å². The van der Waals surface area contributed by atoms with Gasteiger partial charge in [0.25, 0.3) is 0 Å². The third kappa shape index (κ3) is 3.05. The highest BCUT2D eigenvalue weighted by molar-refractivity contribution is 6.30. The molecule has 1 atom stereocenters. The van der Waals surface area contributed by atoms with E-state index in [2.05, 4.69) is 10.3 Å². The fourth-order valence-electron chi connectivity index (χ4n) is 1.46. The van der Waals surface area contributed by atoms with E-state index >= 15 is 0 Å². The van der Waals surface area contributed by atoms with Crippen LogP contribution in [-0.4, -0.2) is 20.1 Å². The van der Waals surface area contributed by atoms with E-state index in [1.807, 2.05) is 0 Å². The van der Waals surface area contributed by atoms with E-state index in [4.69, 9.17) is 11.6 Å². The summed E-state index contributed by atoms with van der Waals surface area (Å²) in [6, 6.07) is 3.07. The second-order valence-electron chi connectivity index (χ2n) is 3.96. The van der Waals surface area contributed by atoms with E-state index < -0.39 is 17.8 Å². The zero-order valence-electron chi connectivity index (χ0n) is 9.69. The van der Waals surface area contributed by atoms with Gasteiger partial charge in [-0.1, -0.05) is 16.8 Å². The lowest BCUT2D eigenvalue weighted by Crippen LogP contribution is -2.06. The van der Waals surface area contributed by atoms with E-state index in [1.54, 1.807) is 0 Å². The average molecular weight is 292 g/mol. The van der Waals surface area contributed by atoms with Gasteiger partial charge >= 0.3 is 6.18 Å². The Morgan fingerprint density at radius 1 is 1.32 bits per heavy atom. The number of halogens is 4. The summed E-state index contributed by atoms with van der Waals surface area (Å²) in [5, 5.41) is 16.5. The summed E-state index contributed by atoms with van der Waals surface area (Å²) in [6.07, 6.45) is -4.00. The van der Waals surface area contributed by atoms with Gasteiger partial charge in [-0.3, -0.25) is 0 Å². The van der Waals surface area contributed by atoms with E-state index in [0.29, 0.717) is 0 Å². The van der Waals surface area contributed by atoms with Gasteiger partial charge in [-0.2, -0.15) is 13.2 Å². The summed E-state index contributed by atoms with van der Waals surface area (Å²) in [5.74, 6) is 0. The van der Waals surface area contributed by atoms with Crippen molar-refractivity contribution < 1.29 is 18.3 Å². The third-order valence-electron chi connectivity index (χ3n) is 2.41. The van der Waals surface area contributed by atoms with Crippen molar-refractivity contribution in [3.8, 4) is 5.69 Å². The molecule has 0 bridgehead atoms. The molecule has 19 heavy (non-hydrogen) atoms. The first-order chi connectivity index (χ1) is 8.77. The SMILES string of the molecule is CC(O)c1cn(-c2cc(Cl)cc(C(F)(F)F)c2)nn1. The summed E-state index contributed by atoms with van der Waals surface area (Å²) in [7, 11) is 0. The van der Waals surface area contributed by atoms with Gasteiger partial charge in [-0.15, -0.1) is 5.10 Å². The van der Waals surface area contributed by atoms with Gasteiger partial charge in [-0.05, 0) is 25.1 Å². The van der Waals surface area contributed by atoms with E-state index in [1.165, 1.54) is 19.2 Å². The molecule has 1 N–H and O–H groups in total. The molecule has 2 aromatic rings. The van der Waals surface area contributed by atoms with Crippen molar-refractivity contribution >= 4 is 11.6 Å². The summed E-state index contributed by atoms with van der Waals surface area (Å²) in [5.41, 5.74) is -0.489. The standard InChI is InChI=1S/C11H9ClF3N3O/c1-6(19)10-5-18(17-16-10)9-3-7(11(13,14)15)2-8(12)4-9/h2-6,19H,1H3. The van der Waals surface area contributed by atoms with Gasteiger partial charge in [0, 0.05) is 5.02 Å². The molecule has 0 radical (unpaired) electrons. The van der Waals surface area contributed by atoms with Gasteiger partial charge in [0.1, 0.15) is 5.69 Å². The zero-order valence-corrected chi connectivity index (χ0v) is 10.4. The van der Waals surface area contributed by atoms with E-state index in [0.717, 1.165) is 16.8 Å². The van der Waals surface area contributed by atoms with Crippen molar-refractivity contribution in [1.29, 1.82) is 0 Å². The number of alkyl halides is 3. The highest BCUT2D eigenvalue weighted by Crippen LogP contribution is 2.32. The molecule has 102 valence electrons. The first-order valence-corrected chi connectivity index (χ1v) is 5.63. The average Bonchev–Trinajstić information content (AvgIpc) is 2.76. The molecular weight excluding hydrogens is 283 g/mol. The topological polar surface area (TPSA) is 50.9 Å². The van der Waals surface area contributed by atoms with Crippen molar-refractivity contribution in [1.82, 2.24) is 15.0 Å². The number of nitrogens with zero attached hydrogens (tertiary/aromatic N) is 3. The van der Waals surface area contributed by atoms with Crippen LogP contribution in [0, 0.1) is 0 Å². The van der Waals surface area contributed by atoms with Crippen LogP contribution in [0.1, 0.15) is 24.3 Å². The van der Waals surface area contributed by atoms with Gasteiger partial charge < -0.3 is 5.11 Å². The maximum atomic E-state index is 12.7. The van der Waals surface area contributed by atoms with Crippen LogP contribution in [0.15, 0.2) is 24.4 Å². The lowest BCUT2D eigenvalue weighted by molar-refractivity contribution is -0.137. The van der Waals surface area contributed by atoms with Crippen LogP contribution in [0.3, 0.4) is 0 Å². The molecule has 0 amide bonds. The molecule has 0 saturated heterocycles. The Bertz CT molecular complexity index is 595. The second kappa shape index (κ2) is 4.82. The Morgan fingerprint density at radius 3 is 2.53 bits per heavy atom. The highest BCUT2D eigenvalue weighted by atomic mass is 35.5. The Labute approximate surface area is 111 Å². The van der Waals surface area contributed by atoms with Crippen molar-refractivity contribution in [2.24, 2.45) is 0 Å². The lowest BCUT2D eigenvalue weighted by atomic mass is 10.2. The fraction of sp³-hybridized carbons (Fsp3) is 0.273. The van der Waals surface area contributed by atoms with Crippen LogP contribution in [0.4, 0.5) is 13.2 Å². The molecule has 1 unspecified atom stereocenters. The Kier molecular flexibility index (Phi) is 3.51. The quantitative estimate of drug-likeness (QED) is 0.925. The first kappa shape index (κ1) is 13.8. The molecule has 2 rings (SSSR count). The van der Waals surface area contributed by atoms with Crippen LogP contribution in [0.25, 0.3) is 5.69 Å². The van der Waals surface area contributed by atoms with Crippen LogP contribution in [0.2, 0.25) is 5.02 Å². The second-order valence-corrected chi connectivity index (χ2v) is 4.40. The molecule has 0 aliphatic rings. The number of benzene rings is 1. The predicted molar refractivity (Wildman–Crippen MR) is 62.0 cm³/mol. The molecule has 0 aliphatic heterocycles. The molecule has 1 aromatic carbocycles. The number of rotatable bonds is 2. The molecule has 4 nitrogen and oxygen atoms in total. The van der Waals surface area contributed by atoms with Gasteiger partial charge in [0.05, 0.1) is 23.6 Å². The monoisotopic (exact) mass is 291 g/mol. The van der Waals surface area contributed by atoms with Crippen molar-refractivity contribution in [2.75, 3.05) is 0 Å². The molecule has 1 aromatic heterocycles. The van der Waals surface area contributed by atoms with Crippen molar-refractivity contribution in [3.63, 3.8) is 0 Å². The minimum Gasteiger partial charge on any atom is -0.387 e. The number of aliphatic hydroxyl groups excluding tert-OH is 1. The minimum atomic E-state index is -4.49. The highest BCUT2D eigenvalue weighted by Gasteiger charge is 2.31. The van der Waals surface area contributed by atoms with Gasteiger partial charge in [-0.25, -0.2) is 4.68 Å². The van der Waals surface area contributed by atoms with E-state index in [-0.39, 0.29) is 16.4 Å². The molecular formula is C11H9ClF3N3O. The number of aliphatic hydroxyl groups is 1. The van der Waals surface area contributed by atoms with Crippen LogP contribution >= 0.6 is 11.6 Å². The molecule has 0 saturated carbocycles. The first-order valence-electron chi connectivity index (χ1n) is 5.26. The number of hydrogen-bond acceptors (Lipinski definition) is 3. The predicted octanol–water partition coefficient (Wildman–Crippen LogP) is 2.99. The maximum Gasteiger partial charge on any atom is 0.416 e. The lowest BCUT2D eigenvalue weighted by Gasteiger charge is -2.09. The van der Waals surface area contributed by atoms with Crippen LogP contribution < -0.4 is 0 Å². The van der Waals surface area contributed by atoms with Crippen molar-refractivity contribution in [2.45, 2.75) is 19.2 Å². The number of aromatic nitrogens is 3. The van der Waals surface area contributed by atoms with Gasteiger partial charge in [0.2, 0.25) is 0 Å². The Balaban J connectivity index is 2.47. The molecule has 0 aliphatic carbocycles. The van der Waals surface area contributed by atoms with E-state index in [9.17, 15) is 18.3 Å². The largest absolute Gasteiger partial charge is 0.416 e. The van der Waals surface area contributed by atoms with Gasteiger partial charge in [0.15, 0.2) is 0 Å². The summed E-state index contributed by atoms with van der Waals surface area (Å²) in [4.78, 5) is 0. The summed E-state index contributed by atoms with van der Waals surface area (Å²) >= 11 is 5.66. The molecule has 8 heteroatoms. The Hall–Kier alpha value is -1.60. The zero-order chi connectivity index (χ0) is 14.2. The normalized spacial score (nSPS) is 13.6. The minimum absolute atomic E-state index is 0.0566. The molecule has 0 spiro atoms. The summed E-state index contributed by atoms with van der Waals surface area (Å²) in [6.45, 7) is 1.48. The maximum absolute atomic E-state index is 12.7. The number of hydrogen-bond donors (Lipinski definition) is 1. The Morgan fingerprint density at radius 2 is 2.00 bits per heavy atom. The fourth-order valence-corrected chi connectivity index (χ4v) is 1.69. The third-order valence-corrected chi connectivity index (χ3v) is 2.63. The van der Waals surface area contributed by atoms with Crippen LogP contribution in [0.5, 0.6) is 0 Å². The summed E-state index contributed by atoms with van der Waals surface area (Å²) < 4.78 is 39.1. The molecule has 1 heterocycles. The smallest absolute Gasteiger partial charge is 0.387 e.